The monoisotopic (exact) mass is 301 g/mol. The summed E-state index contributed by atoms with van der Waals surface area (Å²) in [4.78, 5) is 12.6. The Morgan fingerprint density at radius 1 is 1.30 bits per heavy atom. The molecule has 0 aliphatic heterocycles. The van der Waals surface area contributed by atoms with Crippen LogP contribution in [0.4, 0.5) is 16.2 Å². The Kier molecular flexibility index (Phi) is 5.17. The summed E-state index contributed by atoms with van der Waals surface area (Å²) in [7, 11) is -0.582. The van der Waals surface area contributed by atoms with Crippen LogP contribution in [-0.4, -0.2) is 46.5 Å². The van der Waals surface area contributed by atoms with E-state index in [1.165, 1.54) is 17.0 Å². The number of para-hydroxylation sites is 1. The lowest BCUT2D eigenvalue weighted by Gasteiger charge is -2.14. The lowest BCUT2D eigenvalue weighted by Crippen LogP contribution is -2.37. The molecule has 1 rings (SSSR count). The van der Waals surface area contributed by atoms with E-state index in [0.29, 0.717) is 18.8 Å². The minimum atomic E-state index is -3.85. The maximum Gasteiger partial charge on any atom is 0.316 e. The van der Waals surface area contributed by atoms with Gasteiger partial charge in [0, 0.05) is 27.2 Å². The quantitative estimate of drug-likeness (QED) is 0.434. The zero-order valence-electron chi connectivity index (χ0n) is 11.4. The number of nitrogens with zero attached hydrogens (tertiary/aromatic N) is 1. The summed E-state index contributed by atoms with van der Waals surface area (Å²) in [5.41, 5.74) is 6.26. The molecule has 0 unspecified atom stereocenters. The first-order valence-corrected chi connectivity index (χ1v) is 7.38. The molecule has 2 amide bonds. The maximum atomic E-state index is 11.3. The molecule has 0 aromatic heterocycles. The Bertz CT molecular complexity index is 586. The van der Waals surface area contributed by atoms with Gasteiger partial charge in [-0.1, -0.05) is 6.07 Å². The van der Waals surface area contributed by atoms with Crippen molar-refractivity contribution in [3.63, 3.8) is 0 Å². The van der Waals surface area contributed by atoms with Crippen LogP contribution in [0.25, 0.3) is 0 Å². The van der Waals surface area contributed by atoms with Crippen LogP contribution in [0.5, 0.6) is 0 Å². The van der Waals surface area contributed by atoms with Crippen LogP contribution in [0, 0.1) is 0 Å². The molecule has 1 aromatic carbocycles. The van der Waals surface area contributed by atoms with Crippen molar-refractivity contribution in [3.8, 4) is 0 Å². The molecule has 0 radical (unpaired) electrons. The number of hydrogen-bond donors (Lipinski definition) is 4. The van der Waals surface area contributed by atoms with Crippen LogP contribution < -0.4 is 21.5 Å². The highest BCUT2D eigenvalue weighted by Gasteiger charge is 2.14. The maximum absolute atomic E-state index is 11.3. The Hall–Kier alpha value is -2.00. The fourth-order valence-corrected chi connectivity index (χ4v) is 2.16. The molecular formula is C11H19N5O3S. The molecular weight excluding hydrogens is 282 g/mol. The van der Waals surface area contributed by atoms with Gasteiger partial charge in [-0.15, -0.1) is 0 Å². The molecule has 1 aromatic rings. The van der Waals surface area contributed by atoms with E-state index >= 15 is 0 Å². The molecule has 0 bridgehead atoms. The van der Waals surface area contributed by atoms with Gasteiger partial charge in [0.15, 0.2) is 0 Å². The van der Waals surface area contributed by atoms with Gasteiger partial charge in [-0.05, 0) is 12.1 Å². The number of benzene rings is 1. The van der Waals surface area contributed by atoms with Crippen LogP contribution in [0.3, 0.4) is 0 Å². The summed E-state index contributed by atoms with van der Waals surface area (Å²) in [5, 5.41) is 10.7. The number of nitrogens with one attached hydrogen (secondary N) is 2. The molecule has 6 N–H and O–H groups in total. The number of sulfonamides is 1. The SMILES string of the molecule is CN(C)C(=O)NCCNc1cccc(S(N)(=O)=O)c1N. The first kappa shape index (κ1) is 16.1. The van der Waals surface area contributed by atoms with Crippen LogP contribution in [0.15, 0.2) is 23.1 Å². The molecule has 0 aliphatic carbocycles. The number of carbonyl (C=O) groups excluding carboxylic acids is 1. The summed E-state index contributed by atoms with van der Waals surface area (Å²) in [6.07, 6.45) is 0. The van der Waals surface area contributed by atoms with E-state index in [4.69, 9.17) is 10.9 Å². The van der Waals surface area contributed by atoms with E-state index in [-0.39, 0.29) is 16.6 Å². The average Bonchev–Trinajstić information content (AvgIpc) is 2.34. The summed E-state index contributed by atoms with van der Waals surface area (Å²) in [6, 6.07) is 4.30. The highest BCUT2D eigenvalue weighted by Crippen LogP contribution is 2.25. The van der Waals surface area contributed by atoms with Crippen LogP contribution >= 0.6 is 0 Å². The molecule has 0 heterocycles. The molecule has 8 nitrogen and oxygen atoms in total. The highest BCUT2D eigenvalue weighted by atomic mass is 32.2. The Balaban J connectivity index is 2.64. The van der Waals surface area contributed by atoms with Gasteiger partial charge >= 0.3 is 6.03 Å². The Morgan fingerprint density at radius 3 is 2.50 bits per heavy atom. The van der Waals surface area contributed by atoms with Crippen molar-refractivity contribution < 1.29 is 13.2 Å². The molecule has 112 valence electrons. The number of nitrogen functional groups attached to an aromatic ring is 1. The number of carbonyl (C=O) groups is 1. The lowest BCUT2D eigenvalue weighted by atomic mass is 10.2. The number of rotatable bonds is 5. The van der Waals surface area contributed by atoms with Gasteiger partial charge in [-0.25, -0.2) is 18.4 Å². The molecule has 20 heavy (non-hydrogen) atoms. The summed E-state index contributed by atoms with van der Waals surface area (Å²) in [6.45, 7) is 0.772. The molecule has 0 spiro atoms. The van der Waals surface area contributed by atoms with Gasteiger partial charge in [0.25, 0.3) is 0 Å². The van der Waals surface area contributed by atoms with Crippen LogP contribution in [-0.2, 0) is 10.0 Å². The summed E-state index contributed by atoms with van der Waals surface area (Å²) >= 11 is 0. The minimum absolute atomic E-state index is 0.0638. The first-order valence-electron chi connectivity index (χ1n) is 5.84. The van der Waals surface area contributed by atoms with E-state index in [1.807, 2.05) is 0 Å². The van der Waals surface area contributed by atoms with Crippen LogP contribution in [0.1, 0.15) is 0 Å². The second kappa shape index (κ2) is 6.44. The van der Waals surface area contributed by atoms with E-state index < -0.39 is 10.0 Å². The number of amides is 2. The molecule has 0 saturated carbocycles. The summed E-state index contributed by atoms with van der Waals surface area (Å²) < 4.78 is 22.6. The molecule has 0 aliphatic rings. The van der Waals surface area contributed by atoms with Crippen molar-refractivity contribution in [2.45, 2.75) is 4.90 Å². The van der Waals surface area contributed by atoms with E-state index in [2.05, 4.69) is 10.6 Å². The third kappa shape index (κ3) is 4.28. The molecule has 0 saturated heterocycles. The third-order valence-corrected chi connectivity index (χ3v) is 3.46. The Labute approximate surface area is 118 Å². The number of primary sulfonamides is 1. The minimum Gasteiger partial charge on any atom is -0.396 e. The predicted octanol–water partition coefficient (Wildman–Crippen LogP) is -0.401. The smallest absolute Gasteiger partial charge is 0.316 e. The number of anilines is 2. The van der Waals surface area contributed by atoms with Crippen molar-refractivity contribution in [2.75, 3.05) is 38.2 Å². The van der Waals surface area contributed by atoms with E-state index in [0.717, 1.165) is 0 Å². The van der Waals surface area contributed by atoms with E-state index in [9.17, 15) is 13.2 Å². The lowest BCUT2D eigenvalue weighted by molar-refractivity contribution is 0.218. The topological polar surface area (TPSA) is 131 Å². The number of hydrogen-bond acceptors (Lipinski definition) is 5. The van der Waals surface area contributed by atoms with Crippen molar-refractivity contribution in [1.82, 2.24) is 10.2 Å². The van der Waals surface area contributed by atoms with Crippen molar-refractivity contribution in [1.29, 1.82) is 0 Å². The number of nitrogens with two attached hydrogens (primary N) is 2. The molecule has 9 heteroatoms. The fraction of sp³-hybridized carbons (Fsp3) is 0.364. The van der Waals surface area contributed by atoms with Gasteiger partial charge in [0.2, 0.25) is 10.0 Å². The van der Waals surface area contributed by atoms with Gasteiger partial charge in [0.05, 0.1) is 11.4 Å². The second-order valence-corrected chi connectivity index (χ2v) is 5.85. The molecule has 0 atom stereocenters. The number of urea groups is 1. The Morgan fingerprint density at radius 2 is 1.95 bits per heavy atom. The second-order valence-electron chi connectivity index (χ2n) is 4.32. The fourth-order valence-electron chi connectivity index (χ4n) is 1.47. The van der Waals surface area contributed by atoms with Crippen molar-refractivity contribution >= 4 is 27.4 Å². The third-order valence-electron chi connectivity index (χ3n) is 2.50. The van der Waals surface area contributed by atoms with Gasteiger partial charge in [0.1, 0.15) is 4.90 Å². The molecule has 0 fully saturated rings. The zero-order valence-corrected chi connectivity index (χ0v) is 12.2. The predicted molar refractivity (Wildman–Crippen MR) is 77.8 cm³/mol. The van der Waals surface area contributed by atoms with Gasteiger partial charge in [-0.2, -0.15) is 0 Å². The average molecular weight is 301 g/mol. The highest BCUT2D eigenvalue weighted by molar-refractivity contribution is 7.89. The summed E-state index contributed by atoms with van der Waals surface area (Å²) in [5.74, 6) is 0. The zero-order chi connectivity index (χ0) is 15.3. The van der Waals surface area contributed by atoms with Crippen molar-refractivity contribution in [3.05, 3.63) is 18.2 Å². The normalized spacial score (nSPS) is 10.9. The van der Waals surface area contributed by atoms with E-state index in [1.54, 1.807) is 20.2 Å². The first-order chi connectivity index (χ1) is 9.23. The largest absolute Gasteiger partial charge is 0.396 e. The van der Waals surface area contributed by atoms with Gasteiger partial charge < -0.3 is 21.3 Å². The van der Waals surface area contributed by atoms with Gasteiger partial charge in [-0.3, -0.25) is 0 Å². The van der Waals surface area contributed by atoms with Crippen molar-refractivity contribution in [2.24, 2.45) is 5.14 Å². The van der Waals surface area contributed by atoms with Crippen LogP contribution in [0.2, 0.25) is 0 Å². The standard InChI is InChI=1S/C11H19N5O3S/c1-16(2)11(17)15-7-6-14-8-4-3-5-9(10(8)12)20(13,18)19/h3-5,14H,6-7,12H2,1-2H3,(H,15,17)(H2,13,18,19).